The molecule has 192 valence electrons. The van der Waals surface area contributed by atoms with Crippen LogP contribution in [0.1, 0.15) is 66.7 Å². The number of aryl methyl sites for hydroxylation is 2. The van der Waals surface area contributed by atoms with E-state index < -0.39 is 0 Å². The van der Waals surface area contributed by atoms with Crippen LogP contribution in [0.5, 0.6) is 0 Å². The molecule has 2 aromatic carbocycles. The lowest BCUT2D eigenvalue weighted by atomic mass is 9.99. The quantitative estimate of drug-likeness (QED) is 0.401. The van der Waals surface area contributed by atoms with Gasteiger partial charge in [0.05, 0.1) is 22.6 Å². The predicted octanol–water partition coefficient (Wildman–Crippen LogP) is 5.09. The van der Waals surface area contributed by atoms with Crippen LogP contribution in [0.2, 0.25) is 0 Å². The molecular formula is C29H34N6O2. The van der Waals surface area contributed by atoms with Gasteiger partial charge in [0.25, 0.3) is 5.91 Å². The van der Waals surface area contributed by atoms with Crippen molar-refractivity contribution in [3.05, 3.63) is 77.6 Å². The maximum atomic E-state index is 14.4. The van der Waals surface area contributed by atoms with E-state index >= 15 is 0 Å². The van der Waals surface area contributed by atoms with E-state index in [0.29, 0.717) is 29.9 Å². The summed E-state index contributed by atoms with van der Waals surface area (Å²) in [4.78, 5) is 38.2. The van der Waals surface area contributed by atoms with E-state index in [1.165, 1.54) is 0 Å². The minimum atomic E-state index is -0.179. The van der Waals surface area contributed by atoms with E-state index in [1.54, 1.807) is 6.20 Å². The Hall–Kier alpha value is -3.94. The average molecular weight is 499 g/mol. The Bertz CT molecular complexity index is 1440. The van der Waals surface area contributed by atoms with Gasteiger partial charge in [0, 0.05) is 44.1 Å². The van der Waals surface area contributed by atoms with Crippen LogP contribution in [-0.4, -0.2) is 42.4 Å². The van der Waals surface area contributed by atoms with Gasteiger partial charge in [-0.1, -0.05) is 44.2 Å². The van der Waals surface area contributed by atoms with Crippen LogP contribution in [0.3, 0.4) is 0 Å². The Morgan fingerprint density at radius 2 is 1.92 bits per heavy atom. The first-order valence-corrected chi connectivity index (χ1v) is 13.0. The molecule has 0 spiro atoms. The molecule has 1 aliphatic heterocycles. The summed E-state index contributed by atoms with van der Waals surface area (Å²) in [6.07, 6.45) is 6.57. The normalized spacial score (nSPS) is 15.9. The molecule has 5 rings (SSSR count). The molecule has 1 saturated heterocycles. The maximum Gasteiger partial charge on any atom is 0.256 e. The summed E-state index contributed by atoms with van der Waals surface area (Å²) < 4.78 is 4.10. The number of aromatic nitrogens is 4. The third-order valence-electron chi connectivity index (χ3n) is 7.16. The monoisotopic (exact) mass is 498 g/mol. The number of carbonyl (C=O) groups excluding carboxylic acids is 2. The summed E-state index contributed by atoms with van der Waals surface area (Å²) in [5.41, 5.74) is 3.75. The zero-order valence-corrected chi connectivity index (χ0v) is 21.9. The lowest BCUT2D eigenvalue weighted by Crippen LogP contribution is -2.39. The fourth-order valence-electron chi connectivity index (χ4n) is 5.16. The summed E-state index contributed by atoms with van der Waals surface area (Å²) in [6, 6.07) is 13.8. The molecule has 3 heterocycles. The van der Waals surface area contributed by atoms with Crippen LogP contribution < -0.4 is 5.32 Å². The zero-order valence-electron chi connectivity index (χ0n) is 21.9. The Morgan fingerprint density at radius 1 is 1.14 bits per heavy atom. The van der Waals surface area contributed by atoms with E-state index in [2.05, 4.69) is 27.0 Å². The number of hydrogen-bond donors (Lipinski definition) is 1. The molecule has 8 nitrogen and oxygen atoms in total. The molecule has 1 unspecified atom stereocenters. The Labute approximate surface area is 217 Å². The van der Waals surface area contributed by atoms with Crippen LogP contribution >= 0.6 is 0 Å². The third kappa shape index (κ3) is 4.88. The lowest BCUT2D eigenvalue weighted by Gasteiger charge is -2.35. The van der Waals surface area contributed by atoms with Crippen molar-refractivity contribution in [1.82, 2.24) is 24.0 Å². The molecule has 1 aliphatic rings. The number of likely N-dealkylation sites (tertiary alicyclic amines) is 1. The number of benzene rings is 2. The van der Waals surface area contributed by atoms with Gasteiger partial charge in [-0.3, -0.25) is 9.59 Å². The standard InChI is InChI=1S/C29H34N6O2/c1-19(2)28(36)32-22-16-23(29(37)34-14-9-8-12-25(34)27-30-13-15-33(27)4)26-24(17-22)31-20(3)35(26)18-21-10-6-5-7-11-21/h5-7,10-11,13,15-17,19,25H,8-9,12,14,18H2,1-4H3,(H,32,36). The van der Waals surface area contributed by atoms with Gasteiger partial charge in [-0.2, -0.15) is 0 Å². The summed E-state index contributed by atoms with van der Waals surface area (Å²) in [5, 5.41) is 2.98. The topological polar surface area (TPSA) is 85.1 Å². The van der Waals surface area contributed by atoms with Gasteiger partial charge in [0.15, 0.2) is 0 Å². The predicted molar refractivity (Wildman–Crippen MR) is 144 cm³/mol. The van der Waals surface area contributed by atoms with Crippen molar-refractivity contribution < 1.29 is 9.59 Å². The number of hydrogen-bond acceptors (Lipinski definition) is 4. The van der Waals surface area contributed by atoms with Crippen molar-refractivity contribution in [2.24, 2.45) is 13.0 Å². The first-order valence-electron chi connectivity index (χ1n) is 13.0. The van der Waals surface area contributed by atoms with E-state index in [9.17, 15) is 9.59 Å². The molecule has 1 fully saturated rings. The van der Waals surface area contributed by atoms with E-state index in [1.807, 2.05) is 73.8 Å². The lowest BCUT2D eigenvalue weighted by molar-refractivity contribution is -0.118. The largest absolute Gasteiger partial charge is 0.336 e. The van der Waals surface area contributed by atoms with Gasteiger partial charge >= 0.3 is 0 Å². The molecule has 0 radical (unpaired) electrons. The van der Waals surface area contributed by atoms with Crippen molar-refractivity contribution in [3.63, 3.8) is 0 Å². The summed E-state index contributed by atoms with van der Waals surface area (Å²) >= 11 is 0. The van der Waals surface area contributed by atoms with Crippen molar-refractivity contribution in [2.75, 3.05) is 11.9 Å². The summed E-state index contributed by atoms with van der Waals surface area (Å²) in [6.45, 7) is 6.92. The van der Waals surface area contributed by atoms with Crippen molar-refractivity contribution in [1.29, 1.82) is 0 Å². The number of rotatable bonds is 6. The zero-order chi connectivity index (χ0) is 26.1. The fourth-order valence-corrected chi connectivity index (χ4v) is 5.16. The van der Waals surface area contributed by atoms with Crippen LogP contribution in [-0.2, 0) is 18.4 Å². The summed E-state index contributed by atoms with van der Waals surface area (Å²) in [7, 11) is 1.97. The smallest absolute Gasteiger partial charge is 0.256 e. The molecule has 2 amide bonds. The average Bonchev–Trinajstić information content (AvgIpc) is 3.46. The van der Waals surface area contributed by atoms with Crippen LogP contribution in [0, 0.1) is 12.8 Å². The number of piperidine rings is 1. The van der Waals surface area contributed by atoms with Gasteiger partial charge in [-0.05, 0) is 43.9 Å². The van der Waals surface area contributed by atoms with Crippen molar-refractivity contribution in [3.8, 4) is 0 Å². The molecule has 0 aliphatic carbocycles. The first kappa shape index (κ1) is 24.7. The second-order valence-electron chi connectivity index (χ2n) is 10.2. The van der Waals surface area contributed by atoms with Gasteiger partial charge in [-0.25, -0.2) is 9.97 Å². The highest BCUT2D eigenvalue weighted by molar-refractivity contribution is 6.08. The van der Waals surface area contributed by atoms with Crippen molar-refractivity contribution in [2.45, 2.75) is 52.6 Å². The number of amides is 2. The van der Waals surface area contributed by atoms with Crippen LogP contribution in [0.15, 0.2) is 54.9 Å². The molecule has 0 saturated carbocycles. The Morgan fingerprint density at radius 3 is 2.62 bits per heavy atom. The number of nitrogens with one attached hydrogen (secondary N) is 1. The number of nitrogens with zero attached hydrogens (tertiary/aromatic N) is 5. The molecule has 37 heavy (non-hydrogen) atoms. The third-order valence-corrected chi connectivity index (χ3v) is 7.16. The minimum absolute atomic E-state index is 0.0624. The van der Waals surface area contributed by atoms with Gasteiger partial charge in [-0.15, -0.1) is 0 Å². The van der Waals surface area contributed by atoms with Gasteiger partial charge in [0.1, 0.15) is 11.6 Å². The van der Waals surface area contributed by atoms with E-state index in [-0.39, 0.29) is 23.8 Å². The molecule has 8 heteroatoms. The number of carbonyl (C=O) groups is 2. The maximum absolute atomic E-state index is 14.4. The second kappa shape index (κ2) is 10.2. The number of fused-ring (bicyclic) bond motifs is 1. The first-order chi connectivity index (χ1) is 17.8. The van der Waals surface area contributed by atoms with Crippen LogP contribution in [0.25, 0.3) is 11.0 Å². The Balaban J connectivity index is 1.64. The second-order valence-corrected chi connectivity index (χ2v) is 10.2. The molecule has 0 bridgehead atoms. The summed E-state index contributed by atoms with van der Waals surface area (Å²) in [5.74, 6) is 1.37. The Kier molecular flexibility index (Phi) is 6.82. The molecular weight excluding hydrogens is 464 g/mol. The molecule has 1 N–H and O–H groups in total. The molecule has 4 aromatic rings. The van der Waals surface area contributed by atoms with Crippen molar-refractivity contribution >= 4 is 28.5 Å². The van der Waals surface area contributed by atoms with E-state index in [0.717, 1.165) is 42.0 Å². The van der Waals surface area contributed by atoms with E-state index in [4.69, 9.17) is 4.98 Å². The van der Waals surface area contributed by atoms with Gasteiger partial charge < -0.3 is 19.4 Å². The highest BCUT2D eigenvalue weighted by atomic mass is 16.2. The SMILES string of the molecule is Cc1nc2cc(NC(=O)C(C)C)cc(C(=O)N3CCCCC3c3nccn3C)c2n1Cc1ccccc1. The van der Waals surface area contributed by atoms with Crippen LogP contribution in [0.4, 0.5) is 5.69 Å². The number of anilines is 1. The highest BCUT2D eigenvalue weighted by Crippen LogP contribution is 2.34. The highest BCUT2D eigenvalue weighted by Gasteiger charge is 2.33. The number of imidazole rings is 2. The minimum Gasteiger partial charge on any atom is -0.336 e. The molecule has 1 atom stereocenters. The fraction of sp³-hybridized carbons (Fsp3) is 0.379. The molecule has 2 aromatic heterocycles. The van der Waals surface area contributed by atoms with Gasteiger partial charge in [0.2, 0.25) is 5.91 Å².